The molecule has 0 unspecified atom stereocenters. The Morgan fingerprint density at radius 2 is 1.47 bits per heavy atom. The molecule has 0 saturated heterocycles. The molecule has 0 fully saturated rings. The third kappa shape index (κ3) is 8.68. The van der Waals surface area contributed by atoms with E-state index in [4.69, 9.17) is 10.2 Å². The fourth-order valence-electron chi connectivity index (χ4n) is 1.24. The van der Waals surface area contributed by atoms with Crippen molar-refractivity contribution in [3.63, 3.8) is 0 Å². The highest BCUT2D eigenvalue weighted by atomic mass is 32.2. The van der Waals surface area contributed by atoms with E-state index in [2.05, 4.69) is 0 Å². The number of hydrogen-bond donors (Lipinski definition) is 2. The molecule has 6 nitrogen and oxygen atoms in total. The van der Waals surface area contributed by atoms with E-state index in [-0.39, 0.29) is 18.1 Å². The average Bonchev–Trinajstić information content (AvgIpc) is 2.29. The number of benzene rings is 1. The highest BCUT2D eigenvalue weighted by Gasteiger charge is 2.11. The zero-order valence-corrected chi connectivity index (χ0v) is 12.0. The summed E-state index contributed by atoms with van der Waals surface area (Å²) < 4.78 is 31.5. The van der Waals surface area contributed by atoms with E-state index in [1.807, 2.05) is 14.1 Å². The lowest BCUT2D eigenvalue weighted by Crippen LogP contribution is -2.43. The molecule has 1 aromatic rings. The van der Waals surface area contributed by atoms with Gasteiger partial charge in [0.25, 0.3) is 0 Å². The molecule has 0 aliphatic heterocycles. The Kier molecular flexibility index (Phi) is 7.81. The van der Waals surface area contributed by atoms with Crippen molar-refractivity contribution < 1.29 is 27.7 Å². The first-order valence-electron chi connectivity index (χ1n) is 5.77. The molecule has 0 amide bonds. The molecule has 0 radical (unpaired) electrons. The molecule has 0 saturated carbocycles. The van der Waals surface area contributed by atoms with Crippen molar-refractivity contribution in [3.8, 4) is 0 Å². The van der Waals surface area contributed by atoms with Crippen molar-refractivity contribution in [1.29, 1.82) is 0 Å². The van der Waals surface area contributed by atoms with Crippen LogP contribution in [0.5, 0.6) is 0 Å². The standard InChI is InChI=1S/C6H16NO2.C6H6O3S/c1-7(2,3-5-8)4-6-9;7-10(8,9)6-4-2-1-3-5-6/h8-9H,3-6H2,1-2H3;1-5H,(H,7,8,9)/q+1;/p-1. The molecule has 0 heterocycles. The topological polar surface area (TPSA) is 97.7 Å². The van der Waals surface area contributed by atoms with Gasteiger partial charge >= 0.3 is 0 Å². The number of hydrogen-bond acceptors (Lipinski definition) is 5. The molecule has 0 aromatic heterocycles. The van der Waals surface area contributed by atoms with Crippen molar-refractivity contribution >= 4 is 10.1 Å². The van der Waals surface area contributed by atoms with Gasteiger partial charge in [-0.25, -0.2) is 8.42 Å². The van der Waals surface area contributed by atoms with E-state index in [9.17, 15) is 13.0 Å². The number of likely N-dealkylation sites (N-methyl/N-ethyl adjacent to an activating group) is 1. The fourth-order valence-corrected chi connectivity index (χ4v) is 1.73. The van der Waals surface area contributed by atoms with Crippen LogP contribution in [0, 0.1) is 0 Å². The SMILES string of the molecule is C[N+](C)(CCO)CCO.O=S(=O)([O-])c1ccccc1. The Bertz CT molecular complexity index is 436. The molecule has 0 spiro atoms. The second kappa shape index (κ2) is 8.23. The van der Waals surface area contributed by atoms with Crippen LogP contribution in [-0.4, -0.2) is 68.1 Å². The summed E-state index contributed by atoms with van der Waals surface area (Å²) in [5, 5.41) is 17.1. The number of aliphatic hydroxyl groups is 2. The average molecular weight is 291 g/mol. The maximum absolute atomic E-state index is 10.3. The zero-order chi connectivity index (χ0) is 14.9. The van der Waals surface area contributed by atoms with Crippen LogP contribution in [0.25, 0.3) is 0 Å². The van der Waals surface area contributed by atoms with Gasteiger partial charge in [-0.3, -0.25) is 0 Å². The lowest BCUT2D eigenvalue weighted by Gasteiger charge is -2.27. The third-order valence-electron chi connectivity index (χ3n) is 2.44. The van der Waals surface area contributed by atoms with Crippen LogP contribution in [-0.2, 0) is 10.1 Å². The van der Waals surface area contributed by atoms with Crippen molar-refractivity contribution in [2.45, 2.75) is 4.90 Å². The van der Waals surface area contributed by atoms with Crippen molar-refractivity contribution in [2.24, 2.45) is 0 Å². The van der Waals surface area contributed by atoms with Gasteiger partial charge in [0.05, 0.1) is 32.2 Å². The summed E-state index contributed by atoms with van der Waals surface area (Å²) in [7, 11) is -0.296. The minimum atomic E-state index is -4.25. The van der Waals surface area contributed by atoms with Crippen LogP contribution in [0.15, 0.2) is 35.2 Å². The van der Waals surface area contributed by atoms with Crippen LogP contribution >= 0.6 is 0 Å². The monoisotopic (exact) mass is 291 g/mol. The van der Waals surface area contributed by atoms with Crippen molar-refractivity contribution in [3.05, 3.63) is 30.3 Å². The van der Waals surface area contributed by atoms with E-state index < -0.39 is 10.1 Å². The molecule has 19 heavy (non-hydrogen) atoms. The van der Waals surface area contributed by atoms with Crippen LogP contribution in [0.4, 0.5) is 0 Å². The Hall–Kier alpha value is -0.990. The first-order chi connectivity index (χ1) is 8.73. The number of rotatable bonds is 5. The Morgan fingerprint density at radius 3 is 1.74 bits per heavy atom. The van der Waals surface area contributed by atoms with E-state index in [0.717, 1.165) is 0 Å². The number of nitrogens with zero attached hydrogens (tertiary/aromatic N) is 1. The smallest absolute Gasteiger partial charge is 0.124 e. The summed E-state index contributed by atoms with van der Waals surface area (Å²) in [6.45, 7) is 1.79. The van der Waals surface area contributed by atoms with Gasteiger partial charge in [0.2, 0.25) is 0 Å². The van der Waals surface area contributed by atoms with Gasteiger partial charge in [-0.05, 0) is 12.1 Å². The third-order valence-corrected chi connectivity index (χ3v) is 3.29. The zero-order valence-electron chi connectivity index (χ0n) is 11.2. The van der Waals surface area contributed by atoms with Gasteiger partial charge < -0.3 is 19.2 Å². The molecule has 7 heteroatoms. The summed E-state index contributed by atoms with van der Waals surface area (Å²) in [5.74, 6) is 0. The van der Waals surface area contributed by atoms with Gasteiger partial charge in [0.1, 0.15) is 23.2 Å². The minimum absolute atomic E-state index is 0.185. The summed E-state index contributed by atoms with van der Waals surface area (Å²) in [6.07, 6.45) is 0. The largest absolute Gasteiger partial charge is 0.744 e. The molecular weight excluding hydrogens is 270 g/mol. The predicted molar refractivity (Wildman–Crippen MR) is 70.4 cm³/mol. The van der Waals surface area contributed by atoms with Crippen LogP contribution in [0.1, 0.15) is 0 Å². The second-order valence-corrected chi connectivity index (χ2v) is 5.98. The van der Waals surface area contributed by atoms with E-state index in [0.29, 0.717) is 17.6 Å². The molecule has 0 bridgehead atoms. The van der Waals surface area contributed by atoms with Gasteiger partial charge in [-0.2, -0.15) is 0 Å². The van der Waals surface area contributed by atoms with Crippen molar-refractivity contribution in [2.75, 3.05) is 40.4 Å². The minimum Gasteiger partial charge on any atom is -0.744 e. The van der Waals surface area contributed by atoms with Gasteiger partial charge in [0, 0.05) is 0 Å². The molecule has 2 N–H and O–H groups in total. The van der Waals surface area contributed by atoms with Crippen LogP contribution in [0.3, 0.4) is 0 Å². The summed E-state index contributed by atoms with van der Waals surface area (Å²) >= 11 is 0. The highest BCUT2D eigenvalue weighted by Crippen LogP contribution is 2.04. The fraction of sp³-hybridized carbons (Fsp3) is 0.500. The normalized spacial score (nSPS) is 11.6. The first kappa shape index (κ1) is 18.0. The van der Waals surface area contributed by atoms with Crippen LogP contribution < -0.4 is 0 Å². The molecule has 1 aromatic carbocycles. The molecule has 1 rings (SSSR count). The Balaban J connectivity index is 0.000000344. The predicted octanol–water partition coefficient (Wildman–Crippen LogP) is -0.362. The summed E-state index contributed by atoms with van der Waals surface area (Å²) in [4.78, 5) is -0.185. The lowest BCUT2D eigenvalue weighted by atomic mass is 10.4. The Labute approximate surface area is 114 Å². The second-order valence-electron chi connectivity index (χ2n) is 4.60. The molecular formula is C12H21NO5S. The summed E-state index contributed by atoms with van der Waals surface area (Å²) in [5.41, 5.74) is 0. The van der Waals surface area contributed by atoms with Gasteiger partial charge in [0.15, 0.2) is 0 Å². The Morgan fingerprint density at radius 1 is 1.05 bits per heavy atom. The summed E-state index contributed by atoms with van der Waals surface area (Å²) in [6, 6.07) is 7.19. The molecule has 0 aliphatic carbocycles. The van der Waals surface area contributed by atoms with E-state index in [1.165, 1.54) is 24.3 Å². The van der Waals surface area contributed by atoms with Gasteiger partial charge in [-0.15, -0.1) is 0 Å². The molecule has 0 aliphatic rings. The maximum atomic E-state index is 10.3. The molecule has 0 atom stereocenters. The first-order valence-corrected chi connectivity index (χ1v) is 7.18. The van der Waals surface area contributed by atoms with Gasteiger partial charge in [-0.1, -0.05) is 18.2 Å². The number of quaternary nitrogens is 1. The lowest BCUT2D eigenvalue weighted by molar-refractivity contribution is -0.890. The molecule has 110 valence electrons. The maximum Gasteiger partial charge on any atom is 0.124 e. The van der Waals surface area contributed by atoms with E-state index in [1.54, 1.807) is 6.07 Å². The number of aliphatic hydroxyl groups excluding tert-OH is 2. The van der Waals surface area contributed by atoms with Crippen molar-refractivity contribution in [1.82, 2.24) is 0 Å². The highest BCUT2D eigenvalue weighted by molar-refractivity contribution is 7.85. The van der Waals surface area contributed by atoms with Crippen LogP contribution in [0.2, 0.25) is 0 Å². The van der Waals surface area contributed by atoms with E-state index >= 15 is 0 Å². The quantitative estimate of drug-likeness (QED) is 0.570.